The predicted molar refractivity (Wildman–Crippen MR) is 89.0 cm³/mol. The summed E-state index contributed by atoms with van der Waals surface area (Å²) in [5.41, 5.74) is 6.00. The maximum atomic E-state index is 12.3. The molecule has 1 aliphatic heterocycles. The van der Waals surface area contributed by atoms with Crippen LogP contribution in [0.1, 0.15) is 44.1 Å². The lowest BCUT2D eigenvalue weighted by atomic mass is 10.0. The van der Waals surface area contributed by atoms with Crippen molar-refractivity contribution in [2.75, 3.05) is 6.54 Å². The Morgan fingerprint density at radius 2 is 1.83 bits per heavy atom. The van der Waals surface area contributed by atoms with Crippen LogP contribution < -0.4 is 5.73 Å². The van der Waals surface area contributed by atoms with Crippen molar-refractivity contribution in [2.45, 2.75) is 51.2 Å². The first-order valence-corrected chi connectivity index (χ1v) is 8.36. The van der Waals surface area contributed by atoms with E-state index in [2.05, 4.69) is 0 Å². The number of benzene rings is 1. The quantitative estimate of drug-likeness (QED) is 0.740. The lowest BCUT2D eigenvalue weighted by Gasteiger charge is -2.23. The molecule has 0 bridgehead atoms. The molecule has 6 nitrogen and oxygen atoms in total. The number of hydrogen-bond acceptors (Lipinski definition) is 4. The number of hydrogen-bond donors (Lipinski definition) is 1. The summed E-state index contributed by atoms with van der Waals surface area (Å²) in [6.07, 6.45) is 2.91. The van der Waals surface area contributed by atoms with Gasteiger partial charge in [-0.15, -0.1) is 0 Å². The SMILES string of the molecule is NC(=O)CCCCC(=O)[C@@H]1CCCN1C(=O)OCc1ccccc1. The molecule has 0 unspecified atom stereocenters. The van der Waals surface area contributed by atoms with Gasteiger partial charge in [0.1, 0.15) is 6.61 Å². The number of Topliss-reactive ketones (excluding diaryl/α,β-unsaturated/α-hetero) is 1. The molecule has 6 heteroatoms. The van der Waals surface area contributed by atoms with Gasteiger partial charge in [0.2, 0.25) is 5.91 Å². The maximum Gasteiger partial charge on any atom is 0.410 e. The van der Waals surface area contributed by atoms with Gasteiger partial charge < -0.3 is 10.5 Å². The topological polar surface area (TPSA) is 89.7 Å². The van der Waals surface area contributed by atoms with Crippen molar-refractivity contribution in [2.24, 2.45) is 5.73 Å². The molecule has 2 N–H and O–H groups in total. The van der Waals surface area contributed by atoms with E-state index < -0.39 is 12.1 Å². The highest BCUT2D eigenvalue weighted by Crippen LogP contribution is 2.21. The summed E-state index contributed by atoms with van der Waals surface area (Å²) >= 11 is 0. The van der Waals surface area contributed by atoms with E-state index in [-0.39, 0.29) is 18.3 Å². The number of amides is 2. The van der Waals surface area contributed by atoms with Crippen LogP contribution in [0.4, 0.5) is 4.79 Å². The van der Waals surface area contributed by atoms with Crippen molar-refractivity contribution >= 4 is 17.8 Å². The second-order valence-electron chi connectivity index (χ2n) is 6.03. The molecule has 0 aromatic heterocycles. The molecule has 1 aromatic rings. The van der Waals surface area contributed by atoms with Crippen LogP contribution in [0.15, 0.2) is 30.3 Å². The first-order valence-electron chi connectivity index (χ1n) is 8.36. The Bertz CT molecular complexity index is 574. The van der Waals surface area contributed by atoms with Crippen molar-refractivity contribution < 1.29 is 19.1 Å². The van der Waals surface area contributed by atoms with Crippen molar-refractivity contribution in [3.63, 3.8) is 0 Å². The van der Waals surface area contributed by atoms with E-state index in [4.69, 9.17) is 10.5 Å². The zero-order valence-electron chi connectivity index (χ0n) is 13.8. The molecule has 1 saturated heterocycles. The van der Waals surface area contributed by atoms with Crippen LogP contribution in [-0.4, -0.2) is 35.3 Å². The fraction of sp³-hybridized carbons (Fsp3) is 0.500. The Balaban J connectivity index is 1.79. The highest BCUT2D eigenvalue weighted by atomic mass is 16.6. The number of ether oxygens (including phenoxy) is 1. The van der Waals surface area contributed by atoms with Crippen LogP contribution in [0.25, 0.3) is 0 Å². The van der Waals surface area contributed by atoms with Crippen LogP contribution in [0, 0.1) is 0 Å². The molecule has 1 fully saturated rings. The third kappa shape index (κ3) is 5.37. The van der Waals surface area contributed by atoms with E-state index in [1.807, 2.05) is 30.3 Å². The molecule has 130 valence electrons. The smallest absolute Gasteiger partial charge is 0.410 e. The summed E-state index contributed by atoms with van der Waals surface area (Å²) in [4.78, 5) is 36.8. The van der Waals surface area contributed by atoms with Crippen molar-refractivity contribution in [3.05, 3.63) is 35.9 Å². The molecule has 1 heterocycles. The molecule has 0 radical (unpaired) electrons. The molecular weight excluding hydrogens is 308 g/mol. The third-order valence-corrected chi connectivity index (χ3v) is 4.16. The van der Waals surface area contributed by atoms with E-state index in [0.29, 0.717) is 38.6 Å². The van der Waals surface area contributed by atoms with Crippen LogP contribution in [-0.2, 0) is 20.9 Å². The third-order valence-electron chi connectivity index (χ3n) is 4.16. The van der Waals surface area contributed by atoms with E-state index in [1.165, 1.54) is 4.90 Å². The molecular formula is C18H24N2O4. The monoisotopic (exact) mass is 332 g/mol. The molecule has 0 aliphatic carbocycles. The van der Waals surface area contributed by atoms with Gasteiger partial charge in [-0.2, -0.15) is 0 Å². The Kier molecular flexibility index (Phi) is 6.78. The van der Waals surface area contributed by atoms with Gasteiger partial charge in [0.25, 0.3) is 0 Å². The summed E-state index contributed by atoms with van der Waals surface area (Å²) in [5, 5.41) is 0. The zero-order chi connectivity index (χ0) is 17.4. The van der Waals surface area contributed by atoms with E-state index in [0.717, 1.165) is 12.0 Å². The summed E-state index contributed by atoms with van der Waals surface area (Å²) in [6, 6.07) is 9.05. The van der Waals surface area contributed by atoms with Gasteiger partial charge in [0.15, 0.2) is 5.78 Å². The van der Waals surface area contributed by atoms with Crippen LogP contribution in [0.5, 0.6) is 0 Å². The Labute approximate surface area is 142 Å². The number of nitrogens with two attached hydrogens (primary N) is 1. The number of likely N-dealkylation sites (tertiary alicyclic amines) is 1. The van der Waals surface area contributed by atoms with Gasteiger partial charge in [0.05, 0.1) is 6.04 Å². The lowest BCUT2D eigenvalue weighted by molar-refractivity contribution is -0.123. The predicted octanol–water partition coefficient (Wildman–Crippen LogP) is 2.40. The molecule has 2 amide bonds. The van der Waals surface area contributed by atoms with Gasteiger partial charge in [-0.1, -0.05) is 30.3 Å². The van der Waals surface area contributed by atoms with Crippen LogP contribution >= 0.6 is 0 Å². The normalized spacial score (nSPS) is 16.8. The van der Waals surface area contributed by atoms with Gasteiger partial charge >= 0.3 is 6.09 Å². The average Bonchev–Trinajstić information content (AvgIpc) is 3.07. The molecule has 1 aliphatic rings. The zero-order valence-corrected chi connectivity index (χ0v) is 13.8. The number of primary amides is 1. The van der Waals surface area contributed by atoms with Crippen molar-refractivity contribution in [1.82, 2.24) is 4.90 Å². The van der Waals surface area contributed by atoms with E-state index in [1.54, 1.807) is 0 Å². The number of ketones is 1. The average molecular weight is 332 g/mol. The second-order valence-corrected chi connectivity index (χ2v) is 6.03. The molecule has 0 saturated carbocycles. The number of nitrogens with zero attached hydrogens (tertiary/aromatic N) is 1. The maximum absolute atomic E-state index is 12.3. The standard InChI is InChI=1S/C18H24N2O4/c19-17(22)11-5-4-10-16(21)15-9-6-12-20(15)18(23)24-13-14-7-2-1-3-8-14/h1-3,7-8,15H,4-6,9-13H2,(H2,19,22)/t15-/m0/s1. The first kappa shape index (κ1) is 18.0. The molecule has 24 heavy (non-hydrogen) atoms. The minimum Gasteiger partial charge on any atom is -0.445 e. The second kappa shape index (κ2) is 9.05. The minimum atomic E-state index is -0.438. The summed E-state index contributed by atoms with van der Waals surface area (Å²) in [5.74, 6) is -0.317. The molecule has 0 spiro atoms. The van der Waals surface area contributed by atoms with Crippen molar-refractivity contribution in [3.8, 4) is 0 Å². The van der Waals surface area contributed by atoms with Crippen LogP contribution in [0.3, 0.4) is 0 Å². The van der Waals surface area contributed by atoms with E-state index >= 15 is 0 Å². The molecule has 1 aromatic carbocycles. The van der Waals surface area contributed by atoms with Gasteiger partial charge in [0, 0.05) is 19.4 Å². The summed E-state index contributed by atoms with van der Waals surface area (Å²) in [6.45, 7) is 0.751. The van der Waals surface area contributed by atoms with Gasteiger partial charge in [-0.25, -0.2) is 4.79 Å². The number of rotatable bonds is 8. The fourth-order valence-electron chi connectivity index (χ4n) is 2.89. The Morgan fingerprint density at radius 1 is 1.12 bits per heavy atom. The largest absolute Gasteiger partial charge is 0.445 e. The number of carbonyl (C=O) groups excluding carboxylic acids is 3. The van der Waals surface area contributed by atoms with Gasteiger partial charge in [-0.05, 0) is 31.2 Å². The molecule has 1 atom stereocenters. The highest BCUT2D eigenvalue weighted by molar-refractivity contribution is 5.88. The summed E-state index contributed by atoms with van der Waals surface area (Å²) in [7, 11) is 0. The summed E-state index contributed by atoms with van der Waals surface area (Å²) < 4.78 is 5.32. The van der Waals surface area contributed by atoms with Crippen LogP contribution in [0.2, 0.25) is 0 Å². The van der Waals surface area contributed by atoms with Gasteiger partial charge in [-0.3, -0.25) is 14.5 Å². The van der Waals surface area contributed by atoms with E-state index in [9.17, 15) is 14.4 Å². The Morgan fingerprint density at radius 3 is 2.54 bits per heavy atom. The number of carbonyl (C=O) groups is 3. The highest BCUT2D eigenvalue weighted by Gasteiger charge is 2.34. The number of unbranched alkanes of at least 4 members (excludes halogenated alkanes) is 1. The fourth-order valence-corrected chi connectivity index (χ4v) is 2.89. The minimum absolute atomic E-state index is 0.0358. The Hall–Kier alpha value is -2.37. The lowest BCUT2D eigenvalue weighted by Crippen LogP contribution is -2.40. The van der Waals surface area contributed by atoms with Crippen molar-refractivity contribution in [1.29, 1.82) is 0 Å². The molecule has 2 rings (SSSR count). The first-order chi connectivity index (χ1) is 11.6.